The van der Waals surface area contributed by atoms with Crippen LogP contribution in [0.2, 0.25) is 0 Å². The lowest BCUT2D eigenvalue weighted by molar-refractivity contribution is 0.0314. The number of hydrogen-bond acceptors (Lipinski definition) is 4. The van der Waals surface area contributed by atoms with Gasteiger partial charge in [0, 0.05) is 12.3 Å². The van der Waals surface area contributed by atoms with E-state index in [4.69, 9.17) is 15.2 Å². The van der Waals surface area contributed by atoms with E-state index in [0.29, 0.717) is 24.5 Å². The molecule has 94 valence electrons. The molecule has 0 radical (unpaired) electrons. The highest BCUT2D eigenvalue weighted by Gasteiger charge is 2.06. The van der Waals surface area contributed by atoms with Crippen LogP contribution in [-0.2, 0) is 9.47 Å². The lowest BCUT2D eigenvalue weighted by atomic mass is 10.2. The van der Waals surface area contributed by atoms with Gasteiger partial charge in [-0.05, 0) is 24.6 Å². The first-order chi connectivity index (χ1) is 8.24. The maximum atomic E-state index is 11.6. The van der Waals surface area contributed by atoms with Crippen LogP contribution >= 0.6 is 0 Å². The second-order valence-electron chi connectivity index (χ2n) is 3.73. The minimum atomic E-state index is -0.364. The van der Waals surface area contributed by atoms with Crippen molar-refractivity contribution < 1.29 is 14.3 Å². The molecule has 0 bridgehead atoms. The van der Waals surface area contributed by atoms with Crippen molar-refractivity contribution in [2.24, 2.45) is 0 Å². The fourth-order valence-corrected chi connectivity index (χ4v) is 1.29. The molecule has 1 aromatic carbocycles. The summed E-state index contributed by atoms with van der Waals surface area (Å²) in [5.74, 6) is -0.364. The standard InChI is InChI=1S/C13H19NO3/c1-2-3-7-16-8-9-17-13(15)11-5-4-6-12(14)10-11/h4-6,10H,2-3,7-9,14H2,1H3. The highest BCUT2D eigenvalue weighted by molar-refractivity contribution is 5.90. The van der Waals surface area contributed by atoms with Crippen LogP contribution in [0, 0.1) is 0 Å². The van der Waals surface area contributed by atoms with Crippen molar-refractivity contribution in [3.8, 4) is 0 Å². The van der Waals surface area contributed by atoms with E-state index >= 15 is 0 Å². The van der Waals surface area contributed by atoms with Crippen LogP contribution in [0.25, 0.3) is 0 Å². The van der Waals surface area contributed by atoms with E-state index in [2.05, 4.69) is 6.92 Å². The van der Waals surface area contributed by atoms with Crippen molar-refractivity contribution in [3.05, 3.63) is 29.8 Å². The third-order valence-electron chi connectivity index (χ3n) is 2.23. The second kappa shape index (κ2) is 7.68. The predicted molar refractivity (Wildman–Crippen MR) is 66.9 cm³/mol. The Balaban J connectivity index is 2.21. The quantitative estimate of drug-likeness (QED) is 0.449. The topological polar surface area (TPSA) is 61.5 Å². The summed E-state index contributed by atoms with van der Waals surface area (Å²) in [6.07, 6.45) is 2.13. The van der Waals surface area contributed by atoms with E-state index < -0.39 is 0 Å². The van der Waals surface area contributed by atoms with Gasteiger partial charge in [-0.25, -0.2) is 4.79 Å². The molecular formula is C13H19NO3. The molecule has 4 nitrogen and oxygen atoms in total. The summed E-state index contributed by atoms with van der Waals surface area (Å²) in [6, 6.07) is 6.73. The molecule has 1 rings (SSSR count). The van der Waals surface area contributed by atoms with Gasteiger partial charge in [-0.2, -0.15) is 0 Å². The lowest BCUT2D eigenvalue weighted by Crippen LogP contribution is -2.11. The van der Waals surface area contributed by atoms with Crippen molar-refractivity contribution in [1.29, 1.82) is 0 Å². The average molecular weight is 237 g/mol. The summed E-state index contributed by atoms with van der Waals surface area (Å²) in [6.45, 7) is 3.53. The van der Waals surface area contributed by atoms with E-state index in [1.807, 2.05) is 0 Å². The zero-order valence-electron chi connectivity index (χ0n) is 10.1. The van der Waals surface area contributed by atoms with Gasteiger partial charge in [0.2, 0.25) is 0 Å². The van der Waals surface area contributed by atoms with Gasteiger partial charge in [0.15, 0.2) is 0 Å². The van der Waals surface area contributed by atoms with Crippen LogP contribution in [0.5, 0.6) is 0 Å². The van der Waals surface area contributed by atoms with Gasteiger partial charge in [-0.15, -0.1) is 0 Å². The number of carbonyl (C=O) groups excluding carboxylic acids is 1. The van der Waals surface area contributed by atoms with Crippen LogP contribution in [-0.4, -0.2) is 25.8 Å². The summed E-state index contributed by atoms with van der Waals surface area (Å²) >= 11 is 0. The smallest absolute Gasteiger partial charge is 0.338 e. The van der Waals surface area contributed by atoms with Crippen molar-refractivity contribution in [2.45, 2.75) is 19.8 Å². The number of esters is 1. The van der Waals surface area contributed by atoms with Crippen LogP contribution < -0.4 is 5.73 Å². The number of benzene rings is 1. The average Bonchev–Trinajstić information content (AvgIpc) is 2.33. The number of unbranched alkanes of at least 4 members (excludes halogenated alkanes) is 1. The first kappa shape index (κ1) is 13.5. The molecule has 0 saturated heterocycles. The summed E-state index contributed by atoms with van der Waals surface area (Å²) < 4.78 is 10.3. The third-order valence-corrected chi connectivity index (χ3v) is 2.23. The third kappa shape index (κ3) is 5.36. The van der Waals surface area contributed by atoms with Gasteiger partial charge in [0.05, 0.1) is 12.2 Å². The van der Waals surface area contributed by atoms with Gasteiger partial charge < -0.3 is 15.2 Å². The Morgan fingerprint density at radius 1 is 1.29 bits per heavy atom. The largest absolute Gasteiger partial charge is 0.460 e. The van der Waals surface area contributed by atoms with E-state index in [0.717, 1.165) is 12.8 Å². The van der Waals surface area contributed by atoms with Crippen molar-refractivity contribution in [1.82, 2.24) is 0 Å². The Labute approximate surface area is 102 Å². The predicted octanol–water partition coefficient (Wildman–Crippen LogP) is 2.24. The fourth-order valence-electron chi connectivity index (χ4n) is 1.29. The van der Waals surface area contributed by atoms with Gasteiger partial charge in [-0.3, -0.25) is 0 Å². The van der Waals surface area contributed by atoms with Gasteiger partial charge >= 0.3 is 5.97 Å². The van der Waals surface area contributed by atoms with E-state index in [1.165, 1.54) is 0 Å². The van der Waals surface area contributed by atoms with Crippen molar-refractivity contribution in [2.75, 3.05) is 25.6 Å². The SMILES string of the molecule is CCCCOCCOC(=O)c1cccc(N)c1. The van der Waals surface area contributed by atoms with Crippen LogP contribution in [0.1, 0.15) is 30.1 Å². The van der Waals surface area contributed by atoms with Crippen molar-refractivity contribution >= 4 is 11.7 Å². The number of rotatable bonds is 7. The summed E-state index contributed by atoms with van der Waals surface area (Å²) in [5, 5.41) is 0. The summed E-state index contributed by atoms with van der Waals surface area (Å²) in [7, 11) is 0. The number of nitrogens with two attached hydrogens (primary N) is 1. The molecule has 0 aromatic heterocycles. The monoisotopic (exact) mass is 237 g/mol. The van der Waals surface area contributed by atoms with Gasteiger partial charge in [-0.1, -0.05) is 19.4 Å². The number of hydrogen-bond donors (Lipinski definition) is 1. The molecular weight excluding hydrogens is 218 g/mol. The molecule has 4 heteroatoms. The minimum Gasteiger partial charge on any atom is -0.460 e. The molecule has 2 N–H and O–H groups in total. The highest BCUT2D eigenvalue weighted by atomic mass is 16.6. The normalized spacial score (nSPS) is 10.2. The molecule has 0 aliphatic heterocycles. The molecule has 0 fully saturated rings. The molecule has 0 saturated carbocycles. The number of nitrogen functional groups attached to an aromatic ring is 1. The van der Waals surface area contributed by atoms with Crippen LogP contribution in [0.4, 0.5) is 5.69 Å². The zero-order valence-corrected chi connectivity index (χ0v) is 10.1. The second-order valence-corrected chi connectivity index (χ2v) is 3.73. The molecule has 17 heavy (non-hydrogen) atoms. The Bertz CT molecular complexity index is 352. The Morgan fingerprint density at radius 2 is 2.12 bits per heavy atom. The minimum absolute atomic E-state index is 0.275. The maximum absolute atomic E-state index is 11.6. The Kier molecular flexibility index (Phi) is 6.10. The van der Waals surface area contributed by atoms with Crippen molar-refractivity contribution in [3.63, 3.8) is 0 Å². The van der Waals surface area contributed by atoms with Crippen LogP contribution in [0.3, 0.4) is 0 Å². The number of ether oxygens (including phenoxy) is 2. The van der Waals surface area contributed by atoms with Crippen LogP contribution in [0.15, 0.2) is 24.3 Å². The summed E-state index contributed by atoms with van der Waals surface area (Å²) in [5.41, 5.74) is 6.60. The molecule has 0 aliphatic carbocycles. The van der Waals surface area contributed by atoms with E-state index in [9.17, 15) is 4.79 Å². The Hall–Kier alpha value is -1.55. The fraction of sp³-hybridized carbons (Fsp3) is 0.462. The van der Waals surface area contributed by atoms with E-state index in [-0.39, 0.29) is 12.6 Å². The van der Waals surface area contributed by atoms with Gasteiger partial charge in [0.25, 0.3) is 0 Å². The molecule has 0 atom stereocenters. The molecule has 0 amide bonds. The molecule has 1 aromatic rings. The molecule has 0 spiro atoms. The summed E-state index contributed by atoms with van der Waals surface area (Å²) in [4.78, 5) is 11.6. The van der Waals surface area contributed by atoms with E-state index in [1.54, 1.807) is 24.3 Å². The number of anilines is 1. The van der Waals surface area contributed by atoms with Gasteiger partial charge in [0.1, 0.15) is 6.61 Å². The lowest BCUT2D eigenvalue weighted by Gasteiger charge is -2.06. The number of carbonyl (C=O) groups is 1. The Morgan fingerprint density at radius 3 is 2.82 bits per heavy atom. The molecule has 0 unspecified atom stereocenters. The molecule has 0 heterocycles. The molecule has 0 aliphatic rings. The maximum Gasteiger partial charge on any atom is 0.338 e. The highest BCUT2D eigenvalue weighted by Crippen LogP contribution is 2.07. The zero-order chi connectivity index (χ0) is 12.5. The first-order valence-electron chi connectivity index (χ1n) is 5.84. The first-order valence-corrected chi connectivity index (χ1v) is 5.84.